The molecule has 0 spiro atoms. The highest BCUT2D eigenvalue weighted by molar-refractivity contribution is 7.09. The monoisotopic (exact) mass is 541 g/mol. The van der Waals surface area contributed by atoms with E-state index in [0.717, 1.165) is 25.7 Å². The van der Waals surface area contributed by atoms with Crippen LogP contribution in [0.2, 0.25) is 0 Å². The highest BCUT2D eigenvalue weighted by Gasteiger charge is 2.38. The van der Waals surface area contributed by atoms with Gasteiger partial charge in [-0.1, -0.05) is 12.8 Å². The lowest BCUT2D eigenvalue weighted by Gasteiger charge is -2.33. The van der Waals surface area contributed by atoms with Crippen molar-refractivity contribution < 1.29 is 28.2 Å². The molecule has 0 radical (unpaired) electrons. The molecule has 12 heteroatoms. The van der Waals surface area contributed by atoms with Gasteiger partial charge in [-0.15, -0.1) is 0 Å². The van der Waals surface area contributed by atoms with Gasteiger partial charge in [-0.3, -0.25) is 19.3 Å². The number of amides is 3. The van der Waals surface area contributed by atoms with Gasteiger partial charge in [0.1, 0.15) is 28.2 Å². The maximum Gasteiger partial charge on any atom is 0.273 e. The van der Waals surface area contributed by atoms with Crippen molar-refractivity contribution in [3.8, 4) is 11.5 Å². The van der Waals surface area contributed by atoms with Gasteiger partial charge in [0.25, 0.3) is 11.8 Å². The Morgan fingerprint density at radius 2 is 1.79 bits per heavy atom. The van der Waals surface area contributed by atoms with Gasteiger partial charge in [0.15, 0.2) is 5.69 Å². The zero-order chi connectivity index (χ0) is 27.4. The second-order valence-corrected chi connectivity index (χ2v) is 9.56. The van der Waals surface area contributed by atoms with Crippen LogP contribution in [0.15, 0.2) is 42.5 Å². The number of benzene rings is 2. The van der Waals surface area contributed by atoms with Crippen LogP contribution in [0.4, 0.5) is 15.8 Å². The number of nitrogens with one attached hydrogen (secondary N) is 1. The van der Waals surface area contributed by atoms with Crippen LogP contribution in [0.1, 0.15) is 57.4 Å². The molecule has 1 unspecified atom stereocenters. The summed E-state index contributed by atoms with van der Waals surface area (Å²) in [6, 6.07) is 8.68. The van der Waals surface area contributed by atoms with Crippen molar-refractivity contribution in [2.24, 2.45) is 5.73 Å². The van der Waals surface area contributed by atoms with E-state index in [4.69, 9.17) is 20.9 Å². The Morgan fingerprint density at radius 1 is 1.11 bits per heavy atom. The maximum absolute atomic E-state index is 14.1. The molecular weight excluding hydrogens is 513 g/mol. The Kier molecular flexibility index (Phi) is 8.10. The van der Waals surface area contributed by atoms with Gasteiger partial charge in [0.05, 0.1) is 19.9 Å². The van der Waals surface area contributed by atoms with Gasteiger partial charge in [-0.25, -0.2) is 4.39 Å². The third-order valence-electron chi connectivity index (χ3n) is 6.42. The van der Waals surface area contributed by atoms with E-state index >= 15 is 0 Å². The van der Waals surface area contributed by atoms with E-state index in [-0.39, 0.29) is 28.0 Å². The first-order chi connectivity index (χ1) is 18.2. The number of nitrogen functional groups attached to an aromatic ring is 1. The van der Waals surface area contributed by atoms with Gasteiger partial charge >= 0.3 is 0 Å². The fraction of sp³-hybridized carbons (Fsp3) is 0.308. The van der Waals surface area contributed by atoms with Crippen molar-refractivity contribution in [2.75, 3.05) is 24.9 Å². The first kappa shape index (κ1) is 26.9. The van der Waals surface area contributed by atoms with Crippen LogP contribution in [-0.2, 0) is 4.79 Å². The zero-order valence-electron chi connectivity index (χ0n) is 20.9. The molecule has 200 valence electrons. The molecule has 3 amide bonds. The minimum absolute atomic E-state index is 0.0608. The lowest BCUT2D eigenvalue weighted by Crippen LogP contribution is -2.46. The third kappa shape index (κ3) is 5.40. The normalized spacial score (nSPS) is 14.1. The number of primary amides is 1. The van der Waals surface area contributed by atoms with E-state index in [9.17, 15) is 18.8 Å². The lowest BCUT2D eigenvalue weighted by molar-refractivity contribution is -0.123. The summed E-state index contributed by atoms with van der Waals surface area (Å²) in [7, 11) is 2.94. The summed E-state index contributed by atoms with van der Waals surface area (Å²) < 4.78 is 28.7. The summed E-state index contributed by atoms with van der Waals surface area (Å²) in [6.45, 7) is 0. The molecule has 10 nitrogen and oxygen atoms in total. The molecule has 0 aliphatic heterocycles. The van der Waals surface area contributed by atoms with Crippen LogP contribution in [0, 0.1) is 5.82 Å². The van der Waals surface area contributed by atoms with Gasteiger partial charge in [-0.2, -0.15) is 4.37 Å². The highest BCUT2D eigenvalue weighted by atomic mass is 32.1. The number of hydrogen-bond donors (Lipinski definition) is 3. The summed E-state index contributed by atoms with van der Waals surface area (Å²) in [5.41, 5.74) is 11.6. The van der Waals surface area contributed by atoms with Crippen LogP contribution in [0.3, 0.4) is 0 Å². The third-order valence-corrected chi connectivity index (χ3v) is 7.27. The summed E-state index contributed by atoms with van der Waals surface area (Å²) in [5, 5.41) is 3.05. The SMILES string of the molecule is COc1ccc(C(C(=O)NC2CCCC2)N(C(=O)c2snc(C(N)=O)c2N)c2ccc(F)cc2)c(OC)c1. The number of hydrogen-bond acceptors (Lipinski definition) is 8. The van der Waals surface area contributed by atoms with Gasteiger partial charge in [0.2, 0.25) is 5.91 Å². The van der Waals surface area contributed by atoms with Crippen LogP contribution in [0.25, 0.3) is 0 Å². The van der Waals surface area contributed by atoms with E-state index in [2.05, 4.69) is 9.69 Å². The fourth-order valence-electron chi connectivity index (χ4n) is 4.52. The van der Waals surface area contributed by atoms with E-state index in [1.807, 2.05) is 0 Å². The van der Waals surface area contributed by atoms with E-state index in [1.54, 1.807) is 18.2 Å². The molecule has 5 N–H and O–H groups in total. The quantitative estimate of drug-likeness (QED) is 0.376. The second-order valence-electron chi connectivity index (χ2n) is 8.79. The number of carbonyl (C=O) groups is 3. The van der Waals surface area contributed by atoms with Crippen LogP contribution in [-0.4, -0.2) is 42.4 Å². The van der Waals surface area contributed by atoms with E-state index < -0.39 is 29.6 Å². The number of aromatic nitrogens is 1. The molecule has 1 heterocycles. The topological polar surface area (TPSA) is 150 Å². The van der Waals surface area contributed by atoms with Crippen molar-refractivity contribution in [3.63, 3.8) is 0 Å². The predicted octanol–water partition coefficient (Wildman–Crippen LogP) is 3.43. The Morgan fingerprint density at radius 3 is 2.37 bits per heavy atom. The molecule has 0 bridgehead atoms. The zero-order valence-corrected chi connectivity index (χ0v) is 21.7. The number of nitrogens with zero attached hydrogens (tertiary/aromatic N) is 2. The molecular formula is C26H28FN5O5S. The van der Waals surface area contributed by atoms with Gasteiger partial charge in [0, 0.05) is 23.4 Å². The Bertz CT molecular complexity index is 1340. The Labute approximate surface area is 222 Å². The Balaban J connectivity index is 1.90. The predicted molar refractivity (Wildman–Crippen MR) is 141 cm³/mol. The van der Waals surface area contributed by atoms with Crippen LogP contribution >= 0.6 is 11.5 Å². The maximum atomic E-state index is 14.1. The van der Waals surface area contributed by atoms with E-state index in [0.29, 0.717) is 28.6 Å². The highest BCUT2D eigenvalue weighted by Crippen LogP contribution is 2.38. The number of methoxy groups -OCH3 is 2. The van der Waals surface area contributed by atoms with Crippen molar-refractivity contribution in [1.29, 1.82) is 0 Å². The summed E-state index contributed by atoms with van der Waals surface area (Å²) in [4.78, 5) is 40.9. The molecule has 1 aliphatic rings. The molecule has 3 aromatic rings. The smallest absolute Gasteiger partial charge is 0.273 e. The molecule has 1 aliphatic carbocycles. The first-order valence-electron chi connectivity index (χ1n) is 11.9. The number of anilines is 2. The minimum Gasteiger partial charge on any atom is -0.497 e. The summed E-state index contributed by atoms with van der Waals surface area (Å²) in [5.74, 6) is -1.81. The molecule has 1 fully saturated rings. The van der Waals surface area contributed by atoms with Gasteiger partial charge in [-0.05, 0) is 60.8 Å². The number of rotatable bonds is 9. The number of ether oxygens (including phenoxy) is 2. The standard InChI is InChI=1S/C26H28FN5O5S/c1-36-17-11-12-18(19(13-17)37-2)22(25(34)30-15-5-3-4-6-15)32(16-9-7-14(27)8-10-16)26(35)23-20(28)21(24(29)33)31-38-23/h7-13,15,22H,3-6,28H2,1-2H3,(H2,29,33)(H,30,34). The molecule has 1 saturated carbocycles. The number of nitrogens with two attached hydrogens (primary N) is 2. The summed E-state index contributed by atoms with van der Waals surface area (Å²) >= 11 is 0.688. The largest absolute Gasteiger partial charge is 0.497 e. The molecule has 38 heavy (non-hydrogen) atoms. The van der Waals surface area contributed by atoms with Gasteiger partial charge < -0.3 is 26.3 Å². The molecule has 4 rings (SSSR count). The van der Waals surface area contributed by atoms with Crippen LogP contribution in [0.5, 0.6) is 11.5 Å². The lowest BCUT2D eigenvalue weighted by atomic mass is 10.00. The second kappa shape index (κ2) is 11.5. The summed E-state index contributed by atoms with van der Waals surface area (Å²) in [6.07, 6.45) is 3.59. The molecule has 0 saturated heterocycles. The van der Waals surface area contributed by atoms with Crippen molar-refractivity contribution >= 4 is 40.6 Å². The molecule has 1 atom stereocenters. The minimum atomic E-state index is -1.26. The Hall–Kier alpha value is -4.19. The average molecular weight is 542 g/mol. The average Bonchev–Trinajstić information content (AvgIpc) is 3.56. The van der Waals surface area contributed by atoms with Crippen molar-refractivity contribution in [3.05, 3.63) is 64.4 Å². The van der Waals surface area contributed by atoms with Crippen molar-refractivity contribution in [2.45, 2.75) is 37.8 Å². The first-order valence-corrected chi connectivity index (χ1v) is 12.7. The molecule has 1 aromatic heterocycles. The molecule has 2 aromatic carbocycles. The fourth-order valence-corrected chi connectivity index (χ4v) is 5.26. The number of carbonyl (C=O) groups excluding carboxylic acids is 3. The number of halogens is 1. The van der Waals surface area contributed by atoms with Crippen LogP contribution < -0.4 is 31.2 Å². The van der Waals surface area contributed by atoms with E-state index in [1.165, 1.54) is 43.4 Å². The van der Waals surface area contributed by atoms with Crippen molar-refractivity contribution in [1.82, 2.24) is 9.69 Å².